The molecule has 28 heavy (non-hydrogen) atoms. The smallest absolute Gasteiger partial charge is 0.242 e. The van der Waals surface area contributed by atoms with Gasteiger partial charge in [0.2, 0.25) is 11.8 Å². The van der Waals surface area contributed by atoms with Gasteiger partial charge in [0.15, 0.2) is 5.17 Å². The summed E-state index contributed by atoms with van der Waals surface area (Å²) < 4.78 is 0. The average Bonchev–Trinajstić information content (AvgIpc) is 3.45. The fraction of sp³-hybridized carbons (Fsp3) is 0.318. The fourth-order valence-electron chi connectivity index (χ4n) is 3.30. The number of aliphatic imine (C=N–C) groups is 1. The molecular formula is C22H23N3O2S. The van der Waals surface area contributed by atoms with Crippen LogP contribution in [0.5, 0.6) is 0 Å². The van der Waals surface area contributed by atoms with E-state index in [-0.39, 0.29) is 24.3 Å². The second-order valence-electron chi connectivity index (χ2n) is 7.35. The number of benzene rings is 2. The van der Waals surface area contributed by atoms with Gasteiger partial charge in [0.1, 0.15) is 5.25 Å². The number of hydrogen-bond donors (Lipinski definition) is 1. The molecule has 1 heterocycles. The summed E-state index contributed by atoms with van der Waals surface area (Å²) in [7, 11) is 0. The molecule has 2 aliphatic rings. The maximum absolute atomic E-state index is 12.9. The lowest BCUT2D eigenvalue weighted by atomic mass is 10.1. The van der Waals surface area contributed by atoms with Gasteiger partial charge in [-0.1, -0.05) is 47.7 Å². The van der Waals surface area contributed by atoms with Gasteiger partial charge in [0.05, 0.1) is 5.69 Å². The van der Waals surface area contributed by atoms with E-state index >= 15 is 0 Å². The second kappa shape index (κ2) is 7.80. The van der Waals surface area contributed by atoms with Gasteiger partial charge in [-0.15, -0.1) is 0 Å². The molecule has 2 fully saturated rings. The maximum Gasteiger partial charge on any atom is 0.242 e. The first-order chi connectivity index (χ1) is 13.5. The highest BCUT2D eigenvalue weighted by atomic mass is 32.2. The van der Waals surface area contributed by atoms with E-state index in [1.54, 1.807) is 4.90 Å². The Hall–Kier alpha value is -2.60. The molecule has 4 rings (SSSR count). The zero-order valence-electron chi connectivity index (χ0n) is 16.0. The number of hydrogen-bond acceptors (Lipinski definition) is 4. The van der Waals surface area contributed by atoms with E-state index in [1.165, 1.54) is 11.8 Å². The van der Waals surface area contributed by atoms with E-state index < -0.39 is 5.25 Å². The minimum atomic E-state index is -0.422. The van der Waals surface area contributed by atoms with Crippen molar-refractivity contribution in [2.24, 2.45) is 4.99 Å². The summed E-state index contributed by atoms with van der Waals surface area (Å²) in [6, 6.07) is 15.8. The van der Waals surface area contributed by atoms with Crippen LogP contribution in [0.15, 0.2) is 53.5 Å². The minimum absolute atomic E-state index is 0.00189. The Balaban J connectivity index is 1.48. The largest absolute Gasteiger partial charge is 0.326 e. The summed E-state index contributed by atoms with van der Waals surface area (Å²) in [6.45, 7) is 3.99. The molecule has 0 unspecified atom stereocenters. The number of amidine groups is 1. The van der Waals surface area contributed by atoms with E-state index in [2.05, 4.69) is 10.3 Å². The van der Waals surface area contributed by atoms with Gasteiger partial charge in [0, 0.05) is 18.2 Å². The van der Waals surface area contributed by atoms with Crippen molar-refractivity contribution in [3.8, 4) is 0 Å². The number of anilines is 1. The standard InChI is InChI=1S/C22H23N3O2S/c1-14-8-11-18(15(2)12-14)24-20(26)13-19-21(27)25(17-9-10-17)22(28-19)23-16-6-4-3-5-7-16/h3-8,11-12,17,19H,9-10,13H2,1-2H3,(H,24,26)/t19-/m1/s1. The molecule has 0 radical (unpaired) electrons. The summed E-state index contributed by atoms with van der Waals surface area (Å²) >= 11 is 1.40. The first kappa shape index (κ1) is 18.7. The lowest BCUT2D eigenvalue weighted by molar-refractivity contribution is -0.128. The summed E-state index contributed by atoms with van der Waals surface area (Å²) in [5.41, 5.74) is 3.79. The molecule has 1 aliphatic heterocycles. The van der Waals surface area contributed by atoms with Crippen molar-refractivity contribution in [1.29, 1.82) is 0 Å². The highest BCUT2D eigenvalue weighted by Gasteiger charge is 2.46. The van der Waals surface area contributed by atoms with Crippen molar-refractivity contribution in [1.82, 2.24) is 4.90 Å². The molecule has 2 aromatic rings. The van der Waals surface area contributed by atoms with Crippen LogP contribution in [0, 0.1) is 13.8 Å². The second-order valence-corrected chi connectivity index (χ2v) is 8.52. The Morgan fingerprint density at radius 3 is 2.61 bits per heavy atom. The van der Waals surface area contributed by atoms with Crippen LogP contribution in [0.3, 0.4) is 0 Å². The van der Waals surface area contributed by atoms with Crippen molar-refractivity contribution >= 4 is 40.1 Å². The van der Waals surface area contributed by atoms with Crippen molar-refractivity contribution in [3.63, 3.8) is 0 Å². The average molecular weight is 394 g/mol. The first-order valence-electron chi connectivity index (χ1n) is 9.52. The van der Waals surface area contributed by atoms with Crippen LogP contribution < -0.4 is 5.32 Å². The SMILES string of the molecule is Cc1ccc(NC(=O)C[C@H]2SC(=Nc3ccccc3)N(C3CC3)C2=O)c(C)c1. The van der Waals surface area contributed by atoms with Gasteiger partial charge in [-0.3, -0.25) is 14.5 Å². The number of amides is 2. The molecule has 1 saturated carbocycles. The Bertz CT molecular complexity index is 938. The predicted molar refractivity (Wildman–Crippen MR) is 114 cm³/mol. The fourth-order valence-corrected chi connectivity index (χ4v) is 4.51. The number of thioether (sulfide) groups is 1. The van der Waals surface area contributed by atoms with Crippen molar-refractivity contribution in [3.05, 3.63) is 59.7 Å². The molecule has 1 N–H and O–H groups in total. The van der Waals surface area contributed by atoms with E-state index in [9.17, 15) is 9.59 Å². The number of para-hydroxylation sites is 1. The predicted octanol–water partition coefficient (Wildman–Crippen LogP) is 4.43. The number of nitrogens with zero attached hydrogens (tertiary/aromatic N) is 2. The van der Waals surface area contributed by atoms with Crippen molar-refractivity contribution in [2.45, 2.75) is 44.4 Å². The van der Waals surface area contributed by atoms with E-state index in [4.69, 9.17) is 0 Å². The third-order valence-electron chi connectivity index (χ3n) is 4.89. The molecular weight excluding hydrogens is 370 g/mol. The maximum atomic E-state index is 12.9. The Morgan fingerprint density at radius 1 is 1.18 bits per heavy atom. The minimum Gasteiger partial charge on any atom is -0.326 e. The van der Waals surface area contributed by atoms with Crippen molar-refractivity contribution in [2.75, 3.05) is 5.32 Å². The number of nitrogens with one attached hydrogen (secondary N) is 1. The Kier molecular flexibility index (Phi) is 5.22. The lowest BCUT2D eigenvalue weighted by Crippen LogP contribution is -2.35. The van der Waals surface area contributed by atoms with Gasteiger partial charge in [0.25, 0.3) is 0 Å². The van der Waals surface area contributed by atoms with Gasteiger partial charge >= 0.3 is 0 Å². The normalized spacial score (nSPS) is 20.6. The Labute approximate surface area is 169 Å². The number of rotatable bonds is 5. The topological polar surface area (TPSA) is 61.8 Å². The van der Waals surface area contributed by atoms with Crippen LogP contribution in [-0.2, 0) is 9.59 Å². The third kappa shape index (κ3) is 4.12. The van der Waals surface area contributed by atoms with Crippen LogP contribution in [0.4, 0.5) is 11.4 Å². The molecule has 0 spiro atoms. The lowest BCUT2D eigenvalue weighted by Gasteiger charge is -2.15. The molecule has 1 aliphatic carbocycles. The monoisotopic (exact) mass is 393 g/mol. The highest BCUT2D eigenvalue weighted by molar-refractivity contribution is 8.15. The third-order valence-corrected chi connectivity index (χ3v) is 6.04. The molecule has 2 amide bonds. The van der Waals surface area contributed by atoms with Crippen LogP contribution in [0.1, 0.15) is 30.4 Å². The summed E-state index contributed by atoms with van der Waals surface area (Å²) in [6.07, 6.45) is 2.15. The quantitative estimate of drug-likeness (QED) is 0.818. The van der Waals surface area contributed by atoms with E-state index in [0.29, 0.717) is 5.17 Å². The summed E-state index contributed by atoms with van der Waals surface area (Å²) in [5, 5.41) is 3.23. The number of carbonyl (C=O) groups is 2. The van der Waals surface area contributed by atoms with Gasteiger partial charge < -0.3 is 5.32 Å². The molecule has 5 nitrogen and oxygen atoms in total. The molecule has 2 aromatic carbocycles. The van der Waals surface area contributed by atoms with Crippen LogP contribution in [0.2, 0.25) is 0 Å². The van der Waals surface area contributed by atoms with Gasteiger partial charge in [-0.05, 0) is 50.5 Å². The Morgan fingerprint density at radius 2 is 1.93 bits per heavy atom. The summed E-state index contributed by atoms with van der Waals surface area (Å²) in [4.78, 5) is 32.0. The molecule has 0 bridgehead atoms. The van der Waals surface area contributed by atoms with Crippen LogP contribution in [-0.4, -0.2) is 33.2 Å². The van der Waals surface area contributed by atoms with Crippen LogP contribution in [0.25, 0.3) is 0 Å². The van der Waals surface area contributed by atoms with E-state index in [0.717, 1.165) is 35.3 Å². The van der Waals surface area contributed by atoms with Crippen LogP contribution >= 0.6 is 11.8 Å². The zero-order chi connectivity index (χ0) is 19.7. The molecule has 1 saturated heterocycles. The molecule has 0 aromatic heterocycles. The molecule has 1 atom stereocenters. The highest BCUT2D eigenvalue weighted by Crippen LogP contribution is 2.39. The first-order valence-corrected chi connectivity index (χ1v) is 10.4. The molecule has 144 valence electrons. The van der Waals surface area contributed by atoms with Gasteiger partial charge in [-0.2, -0.15) is 0 Å². The molecule has 6 heteroatoms. The number of carbonyl (C=O) groups excluding carboxylic acids is 2. The summed E-state index contributed by atoms with van der Waals surface area (Å²) in [5.74, 6) is -0.146. The van der Waals surface area contributed by atoms with E-state index in [1.807, 2.05) is 62.4 Å². The number of aryl methyl sites for hydroxylation is 2. The van der Waals surface area contributed by atoms with Crippen molar-refractivity contribution < 1.29 is 9.59 Å². The van der Waals surface area contributed by atoms with Gasteiger partial charge in [-0.25, -0.2) is 4.99 Å². The zero-order valence-corrected chi connectivity index (χ0v) is 16.8.